The van der Waals surface area contributed by atoms with Gasteiger partial charge in [0.05, 0.1) is 0 Å². The number of rotatable bonds is 2. The van der Waals surface area contributed by atoms with Gasteiger partial charge in [-0.15, -0.1) is 0 Å². The van der Waals surface area contributed by atoms with Crippen molar-refractivity contribution < 1.29 is 10.2 Å². The van der Waals surface area contributed by atoms with Crippen LogP contribution in [0.5, 0.6) is 11.8 Å². The summed E-state index contributed by atoms with van der Waals surface area (Å²) >= 11 is 0. The zero-order valence-corrected chi connectivity index (χ0v) is 11.5. The number of piperidine rings is 1. The molecule has 2 heterocycles. The highest BCUT2D eigenvalue weighted by Gasteiger charge is 2.38. The molecule has 1 aliphatic rings. The van der Waals surface area contributed by atoms with Gasteiger partial charge in [-0.2, -0.15) is 4.68 Å². The van der Waals surface area contributed by atoms with E-state index in [1.54, 1.807) is 0 Å². The summed E-state index contributed by atoms with van der Waals surface area (Å²) < 4.78 is 1.34. The Morgan fingerprint density at radius 3 is 2.00 bits per heavy atom. The van der Waals surface area contributed by atoms with Crippen molar-refractivity contribution in [1.82, 2.24) is 9.99 Å². The number of nitrogens with one attached hydrogen (secondary N) is 2. The second kappa shape index (κ2) is 4.09. The van der Waals surface area contributed by atoms with Crippen LogP contribution in [-0.4, -0.2) is 32.0 Å². The van der Waals surface area contributed by atoms with Crippen molar-refractivity contribution in [3.63, 3.8) is 0 Å². The minimum absolute atomic E-state index is 0.0256. The number of hydrogen-bond donors (Lipinski definition) is 4. The van der Waals surface area contributed by atoms with Gasteiger partial charge in [-0.1, -0.05) is 0 Å². The molecule has 0 unspecified atom stereocenters. The molecule has 0 spiro atoms. The van der Waals surface area contributed by atoms with E-state index >= 15 is 0 Å². The third kappa shape index (κ3) is 2.72. The average Bonchev–Trinajstić information content (AvgIpc) is 2.44. The maximum absolute atomic E-state index is 9.65. The number of nitrogens with zero attached hydrogens (tertiary/aromatic N) is 1. The van der Waals surface area contributed by atoms with Gasteiger partial charge in [0.25, 0.3) is 0 Å². The number of hydrogen-bond acceptors (Lipinski definition) is 4. The first-order valence-electron chi connectivity index (χ1n) is 6.34. The molecule has 0 aromatic carbocycles. The van der Waals surface area contributed by atoms with Gasteiger partial charge in [-0.05, 0) is 40.5 Å². The van der Waals surface area contributed by atoms with Crippen molar-refractivity contribution in [3.05, 3.63) is 12.1 Å². The van der Waals surface area contributed by atoms with Gasteiger partial charge < -0.3 is 21.0 Å². The van der Waals surface area contributed by atoms with Crippen LogP contribution in [0.4, 0.5) is 0 Å². The van der Waals surface area contributed by atoms with Crippen molar-refractivity contribution in [2.75, 3.05) is 5.43 Å². The van der Waals surface area contributed by atoms with Gasteiger partial charge in [0.1, 0.15) is 0 Å². The van der Waals surface area contributed by atoms with E-state index in [-0.39, 0.29) is 28.9 Å². The predicted molar refractivity (Wildman–Crippen MR) is 71.4 cm³/mol. The van der Waals surface area contributed by atoms with Crippen LogP contribution in [0.2, 0.25) is 0 Å². The SMILES string of the molecule is CC1(C)CC(Nn2c(O)ccc2O)CC(C)(C)N1. The lowest BCUT2D eigenvalue weighted by molar-refractivity contribution is 0.163. The normalized spacial score (nSPS) is 22.9. The Balaban J connectivity index is 2.14. The van der Waals surface area contributed by atoms with E-state index < -0.39 is 0 Å². The van der Waals surface area contributed by atoms with Crippen molar-refractivity contribution >= 4 is 0 Å². The van der Waals surface area contributed by atoms with E-state index in [0.717, 1.165) is 12.8 Å². The third-order valence-corrected chi connectivity index (χ3v) is 3.34. The molecule has 5 nitrogen and oxygen atoms in total. The van der Waals surface area contributed by atoms with E-state index in [2.05, 4.69) is 38.4 Å². The quantitative estimate of drug-likeness (QED) is 0.648. The smallest absolute Gasteiger partial charge is 0.213 e. The summed E-state index contributed by atoms with van der Waals surface area (Å²) in [7, 11) is 0. The van der Waals surface area contributed by atoms with E-state index in [4.69, 9.17) is 0 Å². The van der Waals surface area contributed by atoms with Crippen LogP contribution in [0.3, 0.4) is 0 Å². The van der Waals surface area contributed by atoms with Crippen molar-refractivity contribution in [2.24, 2.45) is 0 Å². The van der Waals surface area contributed by atoms with Crippen molar-refractivity contribution in [3.8, 4) is 11.8 Å². The first-order valence-corrected chi connectivity index (χ1v) is 6.34. The summed E-state index contributed by atoms with van der Waals surface area (Å²) in [5, 5.41) is 22.9. The van der Waals surface area contributed by atoms with Crippen LogP contribution in [0.25, 0.3) is 0 Å². The molecule has 1 saturated heterocycles. The fraction of sp³-hybridized carbons (Fsp3) is 0.692. The fourth-order valence-electron chi connectivity index (χ4n) is 3.14. The van der Waals surface area contributed by atoms with Gasteiger partial charge in [0.2, 0.25) is 11.8 Å². The molecule has 0 radical (unpaired) electrons. The maximum Gasteiger partial charge on any atom is 0.213 e. The summed E-state index contributed by atoms with van der Waals surface area (Å²) in [6.07, 6.45) is 1.85. The van der Waals surface area contributed by atoms with Crippen LogP contribution in [0, 0.1) is 0 Å². The first kappa shape index (κ1) is 13.1. The van der Waals surface area contributed by atoms with E-state index in [1.807, 2.05) is 0 Å². The summed E-state index contributed by atoms with van der Waals surface area (Å²) in [6.45, 7) is 8.66. The first-order chi connectivity index (χ1) is 8.19. The van der Waals surface area contributed by atoms with Gasteiger partial charge in [0, 0.05) is 29.3 Å². The lowest BCUT2D eigenvalue weighted by Crippen LogP contribution is -2.61. The Kier molecular flexibility index (Phi) is 2.97. The second-order valence-electron chi connectivity index (χ2n) is 6.51. The average molecular weight is 253 g/mol. The predicted octanol–water partition coefficient (Wildman–Crippen LogP) is 1.75. The number of aromatic hydroxyl groups is 2. The minimum atomic E-state index is 0.0256. The zero-order valence-electron chi connectivity index (χ0n) is 11.5. The van der Waals surface area contributed by atoms with Crippen LogP contribution in [-0.2, 0) is 0 Å². The Morgan fingerprint density at radius 2 is 1.56 bits per heavy atom. The van der Waals surface area contributed by atoms with Crippen molar-refractivity contribution in [2.45, 2.75) is 57.7 Å². The molecule has 1 fully saturated rings. The Morgan fingerprint density at radius 1 is 1.11 bits per heavy atom. The van der Waals surface area contributed by atoms with Gasteiger partial charge in [-0.3, -0.25) is 0 Å². The molecule has 4 N–H and O–H groups in total. The van der Waals surface area contributed by atoms with E-state index in [1.165, 1.54) is 16.8 Å². The molecule has 1 aromatic rings. The molecule has 18 heavy (non-hydrogen) atoms. The maximum atomic E-state index is 9.65. The topological polar surface area (TPSA) is 69.5 Å². The summed E-state index contributed by atoms with van der Waals surface area (Å²) in [4.78, 5) is 0. The van der Waals surface area contributed by atoms with Crippen LogP contribution >= 0.6 is 0 Å². The molecular weight excluding hydrogens is 230 g/mol. The van der Waals surface area contributed by atoms with Crippen LogP contribution < -0.4 is 10.7 Å². The Bertz CT molecular complexity index is 402. The molecular formula is C13H23N3O2. The van der Waals surface area contributed by atoms with Gasteiger partial charge in [-0.25, -0.2) is 0 Å². The molecule has 0 bridgehead atoms. The number of aromatic nitrogens is 1. The third-order valence-electron chi connectivity index (χ3n) is 3.34. The van der Waals surface area contributed by atoms with Gasteiger partial charge >= 0.3 is 0 Å². The summed E-state index contributed by atoms with van der Waals surface area (Å²) in [6, 6.07) is 3.14. The lowest BCUT2D eigenvalue weighted by Gasteiger charge is -2.46. The molecule has 0 atom stereocenters. The zero-order chi connectivity index (χ0) is 13.6. The molecule has 1 aromatic heterocycles. The largest absolute Gasteiger partial charge is 0.493 e. The highest BCUT2D eigenvalue weighted by atomic mass is 16.3. The second-order valence-corrected chi connectivity index (χ2v) is 6.51. The summed E-state index contributed by atoms with van der Waals surface area (Å²) in [5.41, 5.74) is 3.24. The van der Waals surface area contributed by atoms with Crippen LogP contribution in [0.15, 0.2) is 12.1 Å². The van der Waals surface area contributed by atoms with E-state index in [0.29, 0.717) is 0 Å². The Hall–Kier alpha value is -1.36. The molecule has 0 saturated carbocycles. The van der Waals surface area contributed by atoms with E-state index in [9.17, 15) is 10.2 Å². The molecule has 0 amide bonds. The van der Waals surface area contributed by atoms with Crippen molar-refractivity contribution in [1.29, 1.82) is 0 Å². The minimum Gasteiger partial charge on any atom is -0.493 e. The fourth-order valence-corrected chi connectivity index (χ4v) is 3.14. The standard InChI is InChI=1S/C13H23N3O2/c1-12(2)7-9(8-13(3,4)15-12)14-16-10(17)5-6-11(16)18/h5-6,9,14-15,17-18H,7-8H2,1-4H3. The Labute approximate surface area is 108 Å². The molecule has 2 rings (SSSR count). The molecule has 5 heteroatoms. The molecule has 0 aliphatic carbocycles. The van der Waals surface area contributed by atoms with Crippen LogP contribution in [0.1, 0.15) is 40.5 Å². The highest BCUT2D eigenvalue weighted by molar-refractivity contribution is 5.26. The highest BCUT2D eigenvalue weighted by Crippen LogP contribution is 2.30. The molecule has 102 valence electrons. The lowest BCUT2D eigenvalue weighted by atomic mass is 9.80. The molecule has 1 aliphatic heterocycles. The summed E-state index contributed by atoms with van der Waals surface area (Å²) in [5.74, 6) is 0.0586. The monoisotopic (exact) mass is 253 g/mol. The van der Waals surface area contributed by atoms with Gasteiger partial charge in [0.15, 0.2) is 0 Å².